The molecule has 0 unspecified atom stereocenters. The molecule has 0 atom stereocenters. The van der Waals surface area contributed by atoms with Gasteiger partial charge in [0.1, 0.15) is 0 Å². The third-order valence-electron chi connectivity index (χ3n) is 3.47. The molecule has 1 aliphatic carbocycles. The predicted molar refractivity (Wildman–Crippen MR) is 94.2 cm³/mol. The lowest BCUT2D eigenvalue weighted by Crippen LogP contribution is -1.87. The molecular weight excluding hydrogens is 298 g/mol. The van der Waals surface area contributed by atoms with Crippen molar-refractivity contribution in [2.45, 2.75) is 0 Å². The van der Waals surface area contributed by atoms with E-state index in [0.717, 1.165) is 16.7 Å². The van der Waals surface area contributed by atoms with Crippen LogP contribution in [-0.2, 0) is 0 Å². The minimum Gasteiger partial charge on any atom is -0.258 e. The molecular formula is C21H13NO2. The van der Waals surface area contributed by atoms with Gasteiger partial charge >= 0.3 is 0 Å². The molecule has 0 spiro atoms. The van der Waals surface area contributed by atoms with Gasteiger partial charge in [0.15, 0.2) is 0 Å². The van der Waals surface area contributed by atoms with Crippen molar-refractivity contribution in [2.75, 3.05) is 0 Å². The summed E-state index contributed by atoms with van der Waals surface area (Å²) in [5.74, 6) is 12.6. The first-order chi connectivity index (χ1) is 11.7. The van der Waals surface area contributed by atoms with Crippen LogP contribution in [0, 0.1) is 39.7 Å². The van der Waals surface area contributed by atoms with Gasteiger partial charge in [0, 0.05) is 28.8 Å². The van der Waals surface area contributed by atoms with Crippen molar-refractivity contribution in [3.8, 4) is 23.7 Å². The van der Waals surface area contributed by atoms with Gasteiger partial charge in [-0.15, -0.1) is 0 Å². The molecule has 0 N–H and O–H groups in total. The van der Waals surface area contributed by atoms with E-state index in [9.17, 15) is 10.1 Å². The number of nitro groups is 1. The van der Waals surface area contributed by atoms with Gasteiger partial charge in [-0.05, 0) is 24.3 Å². The summed E-state index contributed by atoms with van der Waals surface area (Å²) >= 11 is 0. The number of allylic oxidation sites excluding steroid dienone is 4. The quantitative estimate of drug-likeness (QED) is 0.452. The molecule has 0 amide bonds. The van der Waals surface area contributed by atoms with Crippen LogP contribution in [0.25, 0.3) is 0 Å². The molecule has 0 radical (unpaired) electrons. The molecule has 0 fully saturated rings. The number of rotatable bonds is 1. The normalized spacial score (nSPS) is 12.2. The van der Waals surface area contributed by atoms with Gasteiger partial charge in [-0.2, -0.15) is 0 Å². The fourth-order valence-electron chi connectivity index (χ4n) is 2.20. The van der Waals surface area contributed by atoms with Gasteiger partial charge in [0.25, 0.3) is 5.69 Å². The van der Waals surface area contributed by atoms with Crippen molar-refractivity contribution in [3.05, 3.63) is 99.6 Å². The van der Waals surface area contributed by atoms with E-state index in [1.54, 1.807) is 12.1 Å². The van der Waals surface area contributed by atoms with Gasteiger partial charge in [0.2, 0.25) is 0 Å². The van der Waals surface area contributed by atoms with Gasteiger partial charge in [-0.1, -0.05) is 60.1 Å². The maximum atomic E-state index is 10.7. The van der Waals surface area contributed by atoms with Crippen LogP contribution in [0.15, 0.2) is 72.8 Å². The molecule has 0 saturated heterocycles. The van der Waals surface area contributed by atoms with Crippen LogP contribution in [0.5, 0.6) is 0 Å². The molecule has 0 saturated carbocycles. The van der Waals surface area contributed by atoms with E-state index in [1.165, 1.54) is 12.1 Å². The molecule has 3 rings (SSSR count). The van der Waals surface area contributed by atoms with Gasteiger partial charge in [-0.25, -0.2) is 0 Å². The summed E-state index contributed by atoms with van der Waals surface area (Å²) in [5.41, 5.74) is 2.50. The number of nitro benzene ring substituents is 1. The number of nitrogens with zero attached hydrogens (tertiary/aromatic N) is 1. The fourth-order valence-corrected chi connectivity index (χ4v) is 2.20. The highest BCUT2D eigenvalue weighted by Crippen LogP contribution is 2.12. The molecule has 1 aliphatic rings. The molecule has 0 heterocycles. The molecule has 3 heteroatoms. The predicted octanol–water partition coefficient (Wildman–Crippen LogP) is 4.09. The summed E-state index contributed by atoms with van der Waals surface area (Å²) in [7, 11) is 0. The zero-order valence-corrected chi connectivity index (χ0v) is 12.8. The fraction of sp³-hybridized carbons (Fsp3) is 0.0476. The first-order valence-corrected chi connectivity index (χ1v) is 7.44. The average Bonchev–Trinajstić information content (AvgIpc) is 3.12. The standard InChI is InChI=1S/C21H13NO2/c23-22(24)21-15-11-18(12-16-21)10-14-20-8-4-3-7-19(20)13-9-17-5-1-2-6-17/h1-8,11-12,15-17H. The van der Waals surface area contributed by atoms with Crippen molar-refractivity contribution < 1.29 is 4.92 Å². The summed E-state index contributed by atoms with van der Waals surface area (Å²) in [6.07, 6.45) is 8.05. The Morgan fingerprint density at radius 1 is 0.833 bits per heavy atom. The summed E-state index contributed by atoms with van der Waals surface area (Å²) in [6.45, 7) is 0. The monoisotopic (exact) mass is 311 g/mol. The van der Waals surface area contributed by atoms with E-state index in [-0.39, 0.29) is 11.6 Å². The Balaban J connectivity index is 1.84. The smallest absolute Gasteiger partial charge is 0.258 e. The molecule has 0 aliphatic heterocycles. The lowest BCUT2D eigenvalue weighted by molar-refractivity contribution is -0.384. The van der Waals surface area contributed by atoms with Crippen molar-refractivity contribution in [1.29, 1.82) is 0 Å². The summed E-state index contributed by atoms with van der Waals surface area (Å²) in [4.78, 5) is 10.2. The first-order valence-electron chi connectivity index (χ1n) is 7.44. The van der Waals surface area contributed by atoms with Crippen LogP contribution >= 0.6 is 0 Å². The van der Waals surface area contributed by atoms with Gasteiger partial charge in [-0.3, -0.25) is 10.1 Å². The third kappa shape index (κ3) is 3.80. The van der Waals surface area contributed by atoms with Crippen LogP contribution in [0.3, 0.4) is 0 Å². The Morgan fingerprint density at radius 3 is 2.08 bits per heavy atom. The Bertz CT molecular complexity index is 933. The molecule has 24 heavy (non-hydrogen) atoms. The second kappa shape index (κ2) is 7.13. The lowest BCUT2D eigenvalue weighted by atomic mass is 10.1. The van der Waals surface area contributed by atoms with Crippen LogP contribution in [0.4, 0.5) is 5.69 Å². The van der Waals surface area contributed by atoms with Crippen molar-refractivity contribution in [1.82, 2.24) is 0 Å². The topological polar surface area (TPSA) is 43.1 Å². The van der Waals surface area contributed by atoms with Crippen molar-refractivity contribution in [3.63, 3.8) is 0 Å². The summed E-state index contributed by atoms with van der Waals surface area (Å²) < 4.78 is 0. The molecule has 0 aromatic heterocycles. The Hall–Kier alpha value is -3.56. The molecule has 2 aromatic rings. The second-order valence-electron chi connectivity index (χ2n) is 5.16. The Kier molecular flexibility index (Phi) is 4.56. The third-order valence-corrected chi connectivity index (χ3v) is 3.47. The van der Waals surface area contributed by atoms with Crippen molar-refractivity contribution in [2.24, 2.45) is 5.92 Å². The van der Waals surface area contributed by atoms with Crippen LogP contribution in [0.1, 0.15) is 16.7 Å². The SMILES string of the molecule is O=[N+]([O-])c1ccc(C#Cc2ccccc2C#CC2C=CC=C2)cc1. The van der Waals surface area contributed by atoms with E-state index in [2.05, 4.69) is 23.7 Å². The van der Waals surface area contributed by atoms with Gasteiger partial charge in [0.05, 0.1) is 10.8 Å². The number of non-ortho nitro benzene ring substituents is 1. The Labute approximate surface area is 140 Å². The van der Waals surface area contributed by atoms with Crippen molar-refractivity contribution >= 4 is 5.69 Å². The van der Waals surface area contributed by atoms with E-state index in [4.69, 9.17) is 0 Å². The Morgan fingerprint density at radius 2 is 1.46 bits per heavy atom. The van der Waals surface area contributed by atoms with Crippen LogP contribution < -0.4 is 0 Å². The maximum absolute atomic E-state index is 10.7. The van der Waals surface area contributed by atoms with Crippen LogP contribution in [0.2, 0.25) is 0 Å². The lowest BCUT2D eigenvalue weighted by Gasteiger charge is -1.96. The molecule has 3 nitrogen and oxygen atoms in total. The van der Waals surface area contributed by atoms with Gasteiger partial charge < -0.3 is 0 Å². The maximum Gasteiger partial charge on any atom is 0.269 e. The van der Waals surface area contributed by atoms with E-state index < -0.39 is 4.92 Å². The van der Waals surface area contributed by atoms with E-state index in [1.807, 2.05) is 48.6 Å². The summed E-state index contributed by atoms with van der Waals surface area (Å²) in [6, 6.07) is 13.9. The number of hydrogen-bond donors (Lipinski definition) is 0. The largest absolute Gasteiger partial charge is 0.269 e. The minimum atomic E-state index is -0.423. The zero-order valence-electron chi connectivity index (χ0n) is 12.8. The highest BCUT2D eigenvalue weighted by Gasteiger charge is 2.02. The summed E-state index contributed by atoms with van der Waals surface area (Å²) in [5, 5.41) is 10.7. The van der Waals surface area contributed by atoms with E-state index >= 15 is 0 Å². The minimum absolute atomic E-state index is 0.0597. The molecule has 0 bridgehead atoms. The molecule has 114 valence electrons. The van der Waals surface area contributed by atoms with Crippen LogP contribution in [-0.4, -0.2) is 4.92 Å². The number of hydrogen-bond acceptors (Lipinski definition) is 2. The highest BCUT2D eigenvalue weighted by atomic mass is 16.6. The second-order valence-corrected chi connectivity index (χ2v) is 5.16. The highest BCUT2D eigenvalue weighted by molar-refractivity contribution is 5.53. The molecule has 2 aromatic carbocycles. The number of benzene rings is 2. The average molecular weight is 311 g/mol. The zero-order chi connectivity index (χ0) is 16.8. The first kappa shape index (κ1) is 15.3. The van der Waals surface area contributed by atoms with E-state index in [0.29, 0.717) is 0 Å².